The molecule has 24 heavy (non-hydrogen) atoms. The van der Waals surface area contributed by atoms with Crippen molar-refractivity contribution in [3.63, 3.8) is 0 Å². The number of nitrogens with zero attached hydrogens (tertiary/aromatic N) is 3. The van der Waals surface area contributed by atoms with E-state index in [1.807, 2.05) is 18.3 Å². The van der Waals surface area contributed by atoms with Crippen LogP contribution in [0.3, 0.4) is 0 Å². The fraction of sp³-hybridized carbons (Fsp3) is 0.368. The van der Waals surface area contributed by atoms with Crippen LogP contribution in [0.4, 0.5) is 8.78 Å². The van der Waals surface area contributed by atoms with E-state index in [2.05, 4.69) is 34.0 Å². The third kappa shape index (κ3) is 2.63. The molecule has 0 bridgehead atoms. The van der Waals surface area contributed by atoms with E-state index >= 15 is 0 Å². The molecule has 0 radical (unpaired) electrons. The normalized spacial score (nSPS) is 26.6. The number of hydrazine groups is 1. The third-order valence-electron chi connectivity index (χ3n) is 4.94. The number of halogens is 2. The van der Waals surface area contributed by atoms with E-state index in [0.717, 1.165) is 30.0 Å². The summed E-state index contributed by atoms with van der Waals surface area (Å²) < 4.78 is 27.7. The number of hydrogen-bond donors (Lipinski definition) is 0. The van der Waals surface area contributed by atoms with Crippen molar-refractivity contribution in [2.45, 2.75) is 25.6 Å². The molecule has 0 aromatic heterocycles. The summed E-state index contributed by atoms with van der Waals surface area (Å²) in [5.74, 6) is -0.272. The number of allylic oxidation sites excluding steroid dienone is 2. The zero-order valence-electron chi connectivity index (χ0n) is 13.7. The lowest BCUT2D eigenvalue weighted by Crippen LogP contribution is -2.35. The SMILES string of the molecule is CCN1CC=C2C=C(N3C[C@@H](F)C[C@@H]3c3cccc(F)c3)C=CN21. The first-order chi connectivity index (χ1) is 11.7. The maximum absolute atomic E-state index is 14.1. The van der Waals surface area contributed by atoms with Gasteiger partial charge in [-0.25, -0.2) is 13.8 Å². The van der Waals surface area contributed by atoms with Gasteiger partial charge in [-0.3, -0.25) is 5.01 Å². The zero-order chi connectivity index (χ0) is 16.7. The smallest absolute Gasteiger partial charge is 0.123 e. The lowest BCUT2D eigenvalue weighted by atomic mass is 10.0. The Kier molecular flexibility index (Phi) is 3.88. The Balaban J connectivity index is 1.62. The monoisotopic (exact) mass is 329 g/mol. The number of hydrogen-bond acceptors (Lipinski definition) is 3. The van der Waals surface area contributed by atoms with Crippen molar-refractivity contribution in [1.29, 1.82) is 0 Å². The van der Waals surface area contributed by atoms with Gasteiger partial charge in [0.2, 0.25) is 0 Å². The topological polar surface area (TPSA) is 9.72 Å². The molecule has 0 spiro atoms. The van der Waals surface area contributed by atoms with E-state index in [0.29, 0.717) is 13.0 Å². The number of likely N-dealkylation sites (N-methyl/N-ethyl adjacent to an activating group) is 1. The molecule has 3 nitrogen and oxygen atoms in total. The Morgan fingerprint density at radius 1 is 1.25 bits per heavy atom. The standard InChI is InChI=1S/C19H21F2N3/c1-2-22-8-6-18-12-17(7-9-24(18)22)23-13-16(21)11-19(23)14-4-3-5-15(20)10-14/h3-7,9-10,12,16,19H,2,8,11,13H2,1H3/t16-,19+/m0/s1. The van der Waals surface area contributed by atoms with E-state index in [9.17, 15) is 8.78 Å². The second kappa shape index (κ2) is 6.06. The number of rotatable bonds is 3. The van der Waals surface area contributed by atoms with Gasteiger partial charge in [0.05, 0.1) is 11.7 Å². The summed E-state index contributed by atoms with van der Waals surface area (Å²) in [6.07, 6.45) is 7.84. The zero-order valence-corrected chi connectivity index (χ0v) is 13.7. The molecule has 0 unspecified atom stereocenters. The molecule has 126 valence electrons. The Morgan fingerprint density at radius 2 is 2.12 bits per heavy atom. The van der Waals surface area contributed by atoms with Crippen LogP contribution in [0.15, 0.2) is 60.1 Å². The highest BCUT2D eigenvalue weighted by Gasteiger charge is 2.35. The van der Waals surface area contributed by atoms with Crippen LogP contribution in [-0.2, 0) is 0 Å². The second-order valence-corrected chi connectivity index (χ2v) is 6.42. The molecular weight excluding hydrogens is 308 g/mol. The van der Waals surface area contributed by atoms with Crippen LogP contribution >= 0.6 is 0 Å². The van der Waals surface area contributed by atoms with Gasteiger partial charge in [-0.15, -0.1) is 0 Å². The summed E-state index contributed by atoms with van der Waals surface area (Å²) in [5.41, 5.74) is 2.95. The fourth-order valence-corrected chi connectivity index (χ4v) is 3.76. The van der Waals surface area contributed by atoms with Crippen molar-refractivity contribution < 1.29 is 8.78 Å². The molecule has 1 aromatic rings. The van der Waals surface area contributed by atoms with Crippen molar-refractivity contribution in [1.82, 2.24) is 14.9 Å². The quantitative estimate of drug-likeness (QED) is 0.836. The lowest BCUT2D eigenvalue weighted by molar-refractivity contribution is 0.100. The summed E-state index contributed by atoms with van der Waals surface area (Å²) in [7, 11) is 0. The van der Waals surface area contributed by atoms with Gasteiger partial charge < -0.3 is 4.90 Å². The average Bonchev–Trinajstić information content (AvgIpc) is 3.17. The lowest BCUT2D eigenvalue weighted by Gasteiger charge is -2.34. The molecule has 3 aliphatic heterocycles. The number of benzene rings is 1. The summed E-state index contributed by atoms with van der Waals surface area (Å²) in [4.78, 5) is 2.06. The average molecular weight is 329 g/mol. The molecule has 0 amide bonds. The van der Waals surface area contributed by atoms with Crippen molar-refractivity contribution >= 4 is 0 Å². The summed E-state index contributed by atoms with van der Waals surface area (Å²) in [6, 6.07) is 6.40. The fourth-order valence-electron chi connectivity index (χ4n) is 3.76. The Labute approximate surface area is 141 Å². The summed E-state index contributed by atoms with van der Waals surface area (Å²) in [5, 5.41) is 4.36. The van der Waals surface area contributed by atoms with Crippen molar-refractivity contribution in [2.24, 2.45) is 0 Å². The van der Waals surface area contributed by atoms with E-state index < -0.39 is 6.17 Å². The maximum Gasteiger partial charge on any atom is 0.123 e. The predicted octanol–water partition coefficient (Wildman–Crippen LogP) is 3.76. The second-order valence-electron chi connectivity index (χ2n) is 6.42. The molecule has 4 rings (SSSR count). The molecule has 0 saturated carbocycles. The minimum atomic E-state index is -0.893. The Bertz CT molecular complexity index is 725. The highest BCUT2D eigenvalue weighted by Crippen LogP contribution is 2.38. The molecule has 3 heterocycles. The first-order valence-corrected chi connectivity index (χ1v) is 8.46. The predicted molar refractivity (Wildman–Crippen MR) is 89.8 cm³/mol. The van der Waals surface area contributed by atoms with Gasteiger partial charge in [0.15, 0.2) is 0 Å². The summed E-state index contributed by atoms with van der Waals surface area (Å²) >= 11 is 0. The molecular formula is C19H21F2N3. The first-order valence-electron chi connectivity index (χ1n) is 8.46. The number of alkyl halides is 1. The molecule has 1 fully saturated rings. The van der Waals surface area contributed by atoms with Gasteiger partial charge in [-0.1, -0.05) is 19.1 Å². The molecule has 1 saturated heterocycles. The number of fused-ring (bicyclic) bond motifs is 1. The highest BCUT2D eigenvalue weighted by atomic mass is 19.1. The van der Waals surface area contributed by atoms with Gasteiger partial charge in [0.25, 0.3) is 0 Å². The summed E-state index contributed by atoms with van der Waals surface area (Å²) in [6.45, 7) is 4.30. The molecule has 5 heteroatoms. The van der Waals surface area contributed by atoms with Gasteiger partial charge in [0.1, 0.15) is 12.0 Å². The van der Waals surface area contributed by atoms with Crippen LogP contribution in [-0.4, -0.2) is 40.7 Å². The van der Waals surface area contributed by atoms with E-state index in [1.165, 1.54) is 12.1 Å². The number of likely N-dealkylation sites (tertiary alicyclic amines) is 1. The molecule has 1 aromatic carbocycles. The van der Waals surface area contributed by atoms with Gasteiger partial charge >= 0.3 is 0 Å². The van der Waals surface area contributed by atoms with Crippen molar-refractivity contribution in [2.75, 3.05) is 19.6 Å². The third-order valence-corrected chi connectivity index (χ3v) is 4.94. The van der Waals surface area contributed by atoms with Crippen LogP contribution in [0.25, 0.3) is 0 Å². The first kappa shape index (κ1) is 15.4. The van der Waals surface area contributed by atoms with Crippen LogP contribution in [0, 0.1) is 5.82 Å². The van der Waals surface area contributed by atoms with Crippen LogP contribution in [0.5, 0.6) is 0 Å². The maximum atomic E-state index is 14.1. The molecule has 0 aliphatic carbocycles. The van der Waals surface area contributed by atoms with Gasteiger partial charge in [0, 0.05) is 38.0 Å². The molecule has 3 aliphatic rings. The van der Waals surface area contributed by atoms with Crippen LogP contribution in [0.2, 0.25) is 0 Å². The van der Waals surface area contributed by atoms with Gasteiger partial charge in [-0.05, 0) is 35.9 Å². The van der Waals surface area contributed by atoms with Crippen molar-refractivity contribution in [3.8, 4) is 0 Å². The minimum absolute atomic E-state index is 0.123. The van der Waals surface area contributed by atoms with E-state index in [4.69, 9.17) is 0 Å². The van der Waals surface area contributed by atoms with Gasteiger partial charge in [-0.2, -0.15) is 0 Å². The molecule has 2 atom stereocenters. The Hall–Kier alpha value is -2.14. The molecule has 0 N–H and O–H groups in total. The van der Waals surface area contributed by atoms with E-state index in [1.54, 1.807) is 6.07 Å². The largest absolute Gasteiger partial charge is 0.361 e. The minimum Gasteiger partial charge on any atom is -0.361 e. The Morgan fingerprint density at radius 3 is 2.92 bits per heavy atom. The van der Waals surface area contributed by atoms with Crippen LogP contribution in [0.1, 0.15) is 24.9 Å². The van der Waals surface area contributed by atoms with Crippen molar-refractivity contribution in [3.05, 3.63) is 71.5 Å². The van der Waals surface area contributed by atoms with E-state index in [-0.39, 0.29) is 11.9 Å². The highest BCUT2D eigenvalue weighted by molar-refractivity contribution is 5.38. The van der Waals surface area contributed by atoms with Crippen LogP contribution < -0.4 is 0 Å².